The molecule has 0 atom stereocenters. The summed E-state index contributed by atoms with van der Waals surface area (Å²) in [4.78, 5) is 20.9. The van der Waals surface area contributed by atoms with Crippen molar-refractivity contribution in [1.82, 2.24) is 0 Å². The molecule has 0 amide bonds. The third-order valence-corrected chi connectivity index (χ3v) is 1.88. The predicted molar refractivity (Wildman–Crippen MR) is 61.0 cm³/mol. The van der Waals surface area contributed by atoms with Gasteiger partial charge in [0.25, 0.3) is 5.69 Å². The van der Waals surface area contributed by atoms with Gasteiger partial charge in [0.2, 0.25) is 0 Å². The van der Waals surface area contributed by atoms with Gasteiger partial charge in [0, 0.05) is 18.6 Å². The Morgan fingerprint density at radius 2 is 2.12 bits per heavy atom. The van der Waals surface area contributed by atoms with Gasteiger partial charge < -0.3 is 4.74 Å². The van der Waals surface area contributed by atoms with Gasteiger partial charge >= 0.3 is 5.97 Å². The summed E-state index contributed by atoms with van der Waals surface area (Å²) < 4.78 is 4.97. The first-order valence-corrected chi connectivity index (χ1v) is 4.50. The lowest BCUT2D eigenvalue weighted by Crippen LogP contribution is -2.06. The molecule has 0 aliphatic carbocycles. The fourth-order valence-electron chi connectivity index (χ4n) is 1.06. The van der Waals surface area contributed by atoms with Crippen LogP contribution in [0.3, 0.4) is 0 Å². The monoisotopic (exact) mass is 245 g/mol. The minimum atomic E-state index is -0.488. The Bertz CT molecular complexity index is 406. The summed E-state index contributed by atoms with van der Waals surface area (Å²) in [6.07, 6.45) is 0.274. The fraction of sp³-hybridized carbons (Fsp3) is 0.300. The lowest BCUT2D eigenvalue weighted by molar-refractivity contribution is -0.384. The molecule has 1 aromatic rings. The molecule has 0 fully saturated rings. The van der Waals surface area contributed by atoms with E-state index in [-0.39, 0.29) is 30.5 Å². The number of carbonyl (C=O) groups is 1. The van der Waals surface area contributed by atoms with Crippen LogP contribution in [0.25, 0.3) is 0 Å². The van der Waals surface area contributed by atoms with Crippen molar-refractivity contribution >= 4 is 24.1 Å². The Labute approximate surface area is 99.0 Å². The van der Waals surface area contributed by atoms with E-state index in [0.717, 1.165) is 0 Å². The topological polar surface area (TPSA) is 69.4 Å². The van der Waals surface area contributed by atoms with Crippen LogP contribution >= 0.6 is 12.4 Å². The highest BCUT2D eigenvalue weighted by Gasteiger charge is 2.10. The van der Waals surface area contributed by atoms with Crippen LogP contribution in [0.15, 0.2) is 18.2 Å². The second-order valence-electron chi connectivity index (χ2n) is 3.03. The van der Waals surface area contributed by atoms with Gasteiger partial charge in [0.1, 0.15) is 5.75 Å². The normalized spacial score (nSPS) is 9.12. The number of nitro benzene ring substituents is 1. The molecule has 0 unspecified atom stereocenters. The minimum Gasteiger partial charge on any atom is -0.426 e. The van der Waals surface area contributed by atoms with Crippen LogP contribution in [0.2, 0.25) is 0 Å². The van der Waals surface area contributed by atoms with Crippen molar-refractivity contribution in [3.8, 4) is 5.75 Å². The number of halogens is 1. The first-order valence-electron chi connectivity index (χ1n) is 4.50. The number of carbonyl (C=O) groups excluding carboxylic acids is 1. The maximum atomic E-state index is 11.0. The zero-order valence-electron chi connectivity index (χ0n) is 8.93. The summed E-state index contributed by atoms with van der Waals surface area (Å²) in [5.74, 6) is 0.0133. The van der Waals surface area contributed by atoms with Crippen molar-refractivity contribution < 1.29 is 14.5 Å². The third-order valence-electron chi connectivity index (χ3n) is 1.88. The minimum absolute atomic E-state index is 0. The Balaban J connectivity index is 0.00000225. The lowest BCUT2D eigenvalue weighted by Gasteiger charge is -2.05. The van der Waals surface area contributed by atoms with Gasteiger partial charge in [-0.3, -0.25) is 14.9 Å². The molecule has 0 saturated carbocycles. The molecule has 1 rings (SSSR count). The molecule has 5 nitrogen and oxygen atoms in total. The molecular weight excluding hydrogens is 234 g/mol. The predicted octanol–water partition coefficient (Wildman–Crippen LogP) is 2.64. The van der Waals surface area contributed by atoms with E-state index in [1.165, 1.54) is 18.2 Å². The number of non-ortho nitro benzene ring substituents is 1. The molecular formula is C10H12ClNO4. The molecule has 1 aromatic carbocycles. The van der Waals surface area contributed by atoms with Crippen molar-refractivity contribution in [2.75, 3.05) is 0 Å². The van der Waals surface area contributed by atoms with E-state index >= 15 is 0 Å². The van der Waals surface area contributed by atoms with Crippen molar-refractivity contribution in [2.24, 2.45) is 0 Å². The average molecular weight is 246 g/mol. The number of ether oxygens (including phenoxy) is 1. The van der Waals surface area contributed by atoms with E-state index in [0.29, 0.717) is 11.3 Å². The second-order valence-corrected chi connectivity index (χ2v) is 3.03. The largest absolute Gasteiger partial charge is 0.426 e. The maximum Gasteiger partial charge on any atom is 0.310 e. The van der Waals surface area contributed by atoms with Crippen LogP contribution in [0.5, 0.6) is 5.75 Å². The van der Waals surface area contributed by atoms with Gasteiger partial charge in [0.15, 0.2) is 0 Å². The Morgan fingerprint density at radius 3 is 2.56 bits per heavy atom. The van der Waals surface area contributed by atoms with E-state index in [4.69, 9.17) is 4.74 Å². The molecule has 0 saturated heterocycles. The number of aryl methyl sites for hydroxylation is 1. The molecule has 0 spiro atoms. The summed E-state index contributed by atoms with van der Waals surface area (Å²) in [5.41, 5.74) is 0.565. The Hall–Kier alpha value is -1.62. The van der Waals surface area contributed by atoms with Crippen LogP contribution in [-0.2, 0) is 4.79 Å². The lowest BCUT2D eigenvalue weighted by atomic mass is 10.2. The molecule has 88 valence electrons. The number of hydrogen-bond acceptors (Lipinski definition) is 4. The van der Waals surface area contributed by atoms with Crippen LogP contribution < -0.4 is 4.74 Å². The second kappa shape index (κ2) is 6.07. The summed E-state index contributed by atoms with van der Waals surface area (Å²) in [7, 11) is 0. The van der Waals surface area contributed by atoms with Gasteiger partial charge in [-0.1, -0.05) is 6.92 Å². The molecule has 16 heavy (non-hydrogen) atoms. The maximum absolute atomic E-state index is 11.0. The molecule has 0 aromatic heterocycles. The zero-order chi connectivity index (χ0) is 11.4. The summed E-state index contributed by atoms with van der Waals surface area (Å²) in [5, 5.41) is 10.4. The number of hydrogen-bond donors (Lipinski definition) is 0. The smallest absolute Gasteiger partial charge is 0.310 e. The van der Waals surface area contributed by atoms with Crippen LogP contribution in [0.4, 0.5) is 5.69 Å². The molecule has 0 bridgehead atoms. The van der Waals surface area contributed by atoms with E-state index < -0.39 is 4.92 Å². The summed E-state index contributed by atoms with van der Waals surface area (Å²) in [6, 6.07) is 4.12. The van der Waals surface area contributed by atoms with Gasteiger partial charge in [-0.2, -0.15) is 0 Å². The summed E-state index contributed by atoms with van der Waals surface area (Å²) >= 11 is 0. The van der Waals surface area contributed by atoms with Gasteiger partial charge in [-0.25, -0.2) is 0 Å². The number of nitrogens with zero attached hydrogens (tertiary/aromatic N) is 1. The van der Waals surface area contributed by atoms with Gasteiger partial charge in [-0.15, -0.1) is 12.4 Å². The van der Waals surface area contributed by atoms with Crippen LogP contribution in [0, 0.1) is 17.0 Å². The number of rotatable bonds is 3. The number of esters is 1. The van der Waals surface area contributed by atoms with Crippen LogP contribution in [-0.4, -0.2) is 10.9 Å². The van der Waals surface area contributed by atoms with E-state index in [9.17, 15) is 14.9 Å². The molecule has 0 radical (unpaired) electrons. The summed E-state index contributed by atoms with van der Waals surface area (Å²) in [6.45, 7) is 3.34. The SMILES string of the molecule is CCC(=O)Oc1ccc([N+](=O)[O-])cc1C.Cl. The highest BCUT2D eigenvalue weighted by atomic mass is 35.5. The van der Waals surface area contributed by atoms with Crippen molar-refractivity contribution in [3.05, 3.63) is 33.9 Å². The van der Waals surface area contributed by atoms with E-state index in [1.807, 2.05) is 0 Å². The van der Waals surface area contributed by atoms with Gasteiger partial charge in [0.05, 0.1) is 4.92 Å². The first-order chi connectivity index (χ1) is 7.04. The van der Waals surface area contributed by atoms with Gasteiger partial charge in [-0.05, 0) is 18.6 Å². The molecule has 0 N–H and O–H groups in total. The zero-order valence-corrected chi connectivity index (χ0v) is 9.74. The molecule has 6 heteroatoms. The Morgan fingerprint density at radius 1 is 1.50 bits per heavy atom. The standard InChI is InChI=1S/C10H11NO4.ClH/c1-3-10(12)15-9-5-4-8(11(13)14)6-7(9)2;/h4-6H,3H2,1-2H3;1H. The first kappa shape index (κ1) is 14.4. The highest BCUT2D eigenvalue weighted by molar-refractivity contribution is 5.85. The Kier molecular flexibility index (Phi) is 5.46. The highest BCUT2D eigenvalue weighted by Crippen LogP contribution is 2.23. The van der Waals surface area contributed by atoms with E-state index in [1.54, 1.807) is 13.8 Å². The average Bonchev–Trinajstić information content (AvgIpc) is 2.20. The molecule has 0 heterocycles. The van der Waals surface area contributed by atoms with E-state index in [2.05, 4.69) is 0 Å². The molecule has 0 aliphatic heterocycles. The van der Waals surface area contributed by atoms with Crippen molar-refractivity contribution in [2.45, 2.75) is 20.3 Å². The van der Waals surface area contributed by atoms with Crippen molar-refractivity contribution in [3.63, 3.8) is 0 Å². The number of nitro groups is 1. The quantitative estimate of drug-likeness (QED) is 0.355. The number of benzene rings is 1. The molecule has 0 aliphatic rings. The fourth-order valence-corrected chi connectivity index (χ4v) is 1.06. The van der Waals surface area contributed by atoms with Crippen molar-refractivity contribution in [1.29, 1.82) is 0 Å². The van der Waals surface area contributed by atoms with Crippen LogP contribution in [0.1, 0.15) is 18.9 Å². The third kappa shape index (κ3) is 3.51.